The van der Waals surface area contributed by atoms with Crippen LogP contribution >= 0.6 is 8.89 Å². The van der Waals surface area contributed by atoms with E-state index in [1.807, 2.05) is 13.8 Å². The first-order valence-corrected chi connectivity index (χ1v) is 5.09. The van der Waals surface area contributed by atoms with Crippen LogP contribution in [0.2, 0.25) is 0 Å². The maximum Gasteiger partial charge on any atom is 0.318 e. The molecule has 0 bridgehead atoms. The lowest BCUT2D eigenvalue weighted by molar-refractivity contribution is -0.146. The molecular formula is C8H16FO2P. The van der Waals surface area contributed by atoms with E-state index in [1.165, 1.54) is 0 Å². The van der Waals surface area contributed by atoms with Gasteiger partial charge in [0.1, 0.15) is 5.16 Å². The highest BCUT2D eigenvalue weighted by atomic mass is 31.1. The SMILES string of the molecule is CCOC(=O)C(CC)(CC)PF. The molecule has 0 saturated carbocycles. The van der Waals surface area contributed by atoms with Crippen LogP contribution in [0.4, 0.5) is 4.20 Å². The summed E-state index contributed by atoms with van der Waals surface area (Å²) in [5, 5.41) is -0.865. The molecule has 0 aromatic heterocycles. The maximum absolute atomic E-state index is 12.6. The summed E-state index contributed by atoms with van der Waals surface area (Å²) in [6.07, 6.45) is 1.02. The van der Waals surface area contributed by atoms with E-state index in [0.29, 0.717) is 19.4 Å². The molecule has 0 N–H and O–H groups in total. The van der Waals surface area contributed by atoms with E-state index in [1.54, 1.807) is 6.92 Å². The minimum absolute atomic E-state index is 0.324. The molecule has 0 amide bonds. The van der Waals surface area contributed by atoms with E-state index in [0.717, 1.165) is 0 Å². The van der Waals surface area contributed by atoms with Gasteiger partial charge in [0.15, 0.2) is 0 Å². The molecular weight excluding hydrogens is 178 g/mol. The summed E-state index contributed by atoms with van der Waals surface area (Å²) in [5.74, 6) is -0.393. The van der Waals surface area contributed by atoms with Crippen molar-refractivity contribution in [3.63, 3.8) is 0 Å². The van der Waals surface area contributed by atoms with Crippen molar-refractivity contribution in [2.45, 2.75) is 38.8 Å². The third-order valence-corrected chi connectivity index (χ3v) is 3.33. The molecule has 2 nitrogen and oxygen atoms in total. The zero-order valence-electron chi connectivity index (χ0n) is 7.82. The molecule has 0 aromatic carbocycles. The third kappa shape index (κ3) is 2.41. The fourth-order valence-electron chi connectivity index (χ4n) is 0.980. The average molecular weight is 194 g/mol. The van der Waals surface area contributed by atoms with E-state index in [-0.39, 0.29) is 0 Å². The Balaban J connectivity index is 4.36. The molecule has 0 rings (SSSR count). The number of carbonyl (C=O) groups excluding carboxylic acids is 1. The smallest absolute Gasteiger partial charge is 0.318 e. The molecule has 0 aliphatic rings. The zero-order valence-corrected chi connectivity index (χ0v) is 8.82. The van der Waals surface area contributed by atoms with Crippen LogP contribution < -0.4 is 0 Å². The number of hydrogen-bond donors (Lipinski definition) is 0. The summed E-state index contributed by atoms with van der Waals surface area (Å²) < 4.78 is 17.4. The minimum atomic E-state index is -0.865. The molecule has 0 fully saturated rings. The Morgan fingerprint density at radius 2 is 1.92 bits per heavy atom. The van der Waals surface area contributed by atoms with Gasteiger partial charge in [0.05, 0.1) is 15.5 Å². The predicted molar refractivity (Wildman–Crippen MR) is 49.4 cm³/mol. The number of ether oxygens (including phenoxy) is 1. The van der Waals surface area contributed by atoms with Crippen molar-refractivity contribution in [1.29, 1.82) is 0 Å². The van der Waals surface area contributed by atoms with Gasteiger partial charge in [0.2, 0.25) is 0 Å². The summed E-state index contributed by atoms with van der Waals surface area (Å²) in [6.45, 7) is 5.68. The Morgan fingerprint density at radius 3 is 2.17 bits per heavy atom. The van der Waals surface area contributed by atoms with Gasteiger partial charge in [-0.15, -0.1) is 0 Å². The first kappa shape index (κ1) is 11.8. The van der Waals surface area contributed by atoms with Crippen LogP contribution in [0, 0.1) is 0 Å². The monoisotopic (exact) mass is 194 g/mol. The van der Waals surface area contributed by atoms with Crippen molar-refractivity contribution >= 4 is 14.9 Å². The van der Waals surface area contributed by atoms with Gasteiger partial charge in [-0.3, -0.25) is 4.79 Å². The van der Waals surface area contributed by atoms with Gasteiger partial charge in [-0.25, -0.2) is 4.20 Å². The number of rotatable bonds is 5. The highest BCUT2D eigenvalue weighted by Crippen LogP contribution is 2.40. The number of halogens is 1. The molecule has 1 unspecified atom stereocenters. The second-order valence-corrected chi connectivity index (χ2v) is 3.75. The van der Waals surface area contributed by atoms with Gasteiger partial charge < -0.3 is 4.74 Å². The Kier molecular flexibility index (Phi) is 5.39. The highest BCUT2D eigenvalue weighted by Gasteiger charge is 2.37. The van der Waals surface area contributed by atoms with Crippen LogP contribution in [-0.2, 0) is 9.53 Å². The molecule has 72 valence electrons. The van der Waals surface area contributed by atoms with Gasteiger partial charge in [0.25, 0.3) is 0 Å². The lowest BCUT2D eigenvalue weighted by atomic mass is 10.0. The largest absolute Gasteiger partial charge is 0.465 e. The molecule has 0 radical (unpaired) electrons. The molecule has 1 atom stereocenters. The molecule has 12 heavy (non-hydrogen) atoms. The van der Waals surface area contributed by atoms with Crippen molar-refractivity contribution < 1.29 is 13.7 Å². The number of hydrogen-bond acceptors (Lipinski definition) is 2. The van der Waals surface area contributed by atoms with Crippen LogP contribution in [0.1, 0.15) is 33.6 Å². The zero-order chi connectivity index (χ0) is 9.61. The van der Waals surface area contributed by atoms with Crippen LogP contribution in [0.15, 0.2) is 0 Å². The standard InChI is InChI=1S/C8H16FO2P/c1-4-8(5-2,12-9)7(10)11-6-3/h12H,4-6H2,1-3H3. The molecule has 0 saturated heterocycles. The second-order valence-electron chi connectivity index (χ2n) is 2.60. The molecule has 0 aliphatic heterocycles. The topological polar surface area (TPSA) is 26.3 Å². The minimum Gasteiger partial charge on any atom is -0.465 e. The third-order valence-electron chi connectivity index (χ3n) is 2.05. The van der Waals surface area contributed by atoms with Crippen molar-refractivity contribution in [2.75, 3.05) is 6.61 Å². The Labute approximate surface area is 74.8 Å². The Morgan fingerprint density at radius 1 is 1.42 bits per heavy atom. The van der Waals surface area contributed by atoms with Crippen LogP contribution in [0.25, 0.3) is 0 Å². The van der Waals surface area contributed by atoms with E-state index >= 15 is 0 Å². The molecule has 4 heteroatoms. The highest BCUT2D eigenvalue weighted by molar-refractivity contribution is 7.35. The van der Waals surface area contributed by atoms with Gasteiger partial charge >= 0.3 is 5.97 Å². The van der Waals surface area contributed by atoms with E-state index in [9.17, 15) is 8.99 Å². The van der Waals surface area contributed by atoms with Gasteiger partial charge in [-0.2, -0.15) is 0 Å². The second kappa shape index (κ2) is 5.47. The van der Waals surface area contributed by atoms with E-state index in [2.05, 4.69) is 0 Å². The first-order valence-electron chi connectivity index (χ1n) is 4.21. The van der Waals surface area contributed by atoms with Gasteiger partial charge in [-0.05, 0) is 19.8 Å². The summed E-state index contributed by atoms with van der Waals surface area (Å²) in [7, 11) is -0.865. The van der Waals surface area contributed by atoms with Gasteiger partial charge in [-0.1, -0.05) is 13.8 Å². The molecule has 0 aliphatic carbocycles. The summed E-state index contributed by atoms with van der Waals surface area (Å²) in [5.41, 5.74) is 0. The van der Waals surface area contributed by atoms with Crippen molar-refractivity contribution in [1.82, 2.24) is 0 Å². The van der Waals surface area contributed by atoms with Crippen molar-refractivity contribution in [3.8, 4) is 0 Å². The fourth-order valence-corrected chi connectivity index (χ4v) is 1.40. The van der Waals surface area contributed by atoms with Crippen molar-refractivity contribution in [2.24, 2.45) is 0 Å². The van der Waals surface area contributed by atoms with E-state index in [4.69, 9.17) is 4.74 Å². The van der Waals surface area contributed by atoms with Crippen LogP contribution in [-0.4, -0.2) is 17.7 Å². The lowest BCUT2D eigenvalue weighted by Gasteiger charge is -2.24. The fraction of sp³-hybridized carbons (Fsp3) is 0.875. The summed E-state index contributed by atoms with van der Waals surface area (Å²) in [4.78, 5) is 11.3. The molecule has 0 heterocycles. The quantitative estimate of drug-likeness (QED) is 0.496. The van der Waals surface area contributed by atoms with Crippen LogP contribution in [0.3, 0.4) is 0 Å². The number of carbonyl (C=O) groups is 1. The first-order chi connectivity index (χ1) is 5.66. The van der Waals surface area contributed by atoms with E-state index < -0.39 is 20.0 Å². The summed E-state index contributed by atoms with van der Waals surface area (Å²) >= 11 is 0. The van der Waals surface area contributed by atoms with Gasteiger partial charge in [0, 0.05) is 0 Å². The molecule has 0 aromatic rings. The molecule has 0 spiro atoms. The van der Waals surface area contributed by atoms with Crippen LogP contribution in [0.5, 0.6) is 0 Å². The lowest BCUT2D eigenvalue weighted by Crippen LogP contribution is -2.33. The predicted octanol–water partition coefficient (Wildman–Crippen LogP) is 2.67. The average Bonchev–Trinajstić information content (AvgIpc) is 2.09. The number of esters is 1. The Hall–Kier alpha value is -0.170. The summed E-state index contributed by atoms with van der Waals surface area (Å²) in [6, 6.07) is 0. The van der Waals surface area contributed by atoms with Crippen molar-refractivity contribution in [3.05, 3.63) is 0 Å². The maximum atomic E-state index is 12.6. The normalized spacial score (nSPS) is 12.3. The Bertz CT molecular complexity index is 138.